The molecule has 3 heteroatoms. The minimum atomic E-state index is 0.128. The van der Waals surface area contributed by atoms with Gasteiger partial charge >= 0.3 is 0 Å². The number of rotatable bonds is 1. The van der Waals surface area contributed by atoms with Crippen LogP contribution in [0.4, 0.5) is 0 Å². The summed E-state index contributed by atoms with van der Waals surface area (Å²) in [6.45, 7) is 3.28. The van der Waals surface area contributed by atoms with Gasteiger partial charge in [-0.1, -0.05) is 0 Å². The van der Waals surface area contributed by atoms with E-state index in [0.29, 0.717) is 5.41 Å². The van der Waals surface area contributed by atoms with E-state index >= 15 is 0 Å². The Morgan fingerprint density at radius 2 is 2.08 bits per heavy atom. The van der Waals surface area contributed by atoms with Crippen LogP contribution in [0, 0.1) is 5.41 Å². The van der Waals surface area contributed by atoms with Crippen LogP contribution in [0.1, 0.15) is 19.3 Å². The van der Waals surface area contributed by atoms with Gasteiger partial charge in [0.1, 0.15) is 6.29 Å². The number of carbonyl (C=O) groups excluding carboxylic acids is 1. The monoisotopic (exact) mass is 168 g/mol. The van der Waals surface area contributed by atoms with E-state index in [2.05, 4.69) is 10.6 Å². The normalized spacial score (nSPS) is 33.8. The van der Waals surface area contributed by atoms with Gasteiger partial charge in [0.25, 0.3) is 0 Å². The maximum atomic E-state index is 10.6. The lowest BCUT2D eigenvalue weighted by molar-refractivity contribution is -0.109. The van der Waals surface area contributed by atoms with E-state index in [0.717, 1.165) is 32.3 Å². The summed E-state index contributed by atoms with van der Waals surface area (Å²) in [5.74, 6) is 0. The lowest BCUT2D eigenvalue weighted by atomic mass is 9.77. The molecule has 2 aliphatic heterocycles. The molecule has 2 rings (SSSR count). The Morgan fingerprint density at radius 3 is 2.67 bits per heavy atom. The van der Waals surface area contributed by atoms with Gasteiger partial charge in [0.2, 0.25) is 0 Å². The van der Waals surface area contributed by atoms with Crippen molar-refractivity contribution in [3.05, 3.63) is 0 Å². The van der Waals surface area contributed by atoms with Gasteiger partial charge in [0, 0.05) is 6.54 Å². The van der Waals surface area contributed by atoms with Crippen molar-refractivity contribution < 1.29 is 4.79 Å². The molecule has 2 fully saturated rings. The molecule has 0 radical (unpaired) electrons. The number of hydrogen-bond donors (Lipinski definition) is 2. The van der Waals surface area contributed by atoms with E-state index in [9.17, 15) is 4.79 Å². The summed E-state index contributed by atoms with van der Waals surface area (Å²) < 4.78 is 0. The highest BCUT2D eigenvalue weighted by Crippen LogP contribution is 2.36. The summed E-state index contributed by atoms with van der Waals surface area (Å²) in [6, 6.07) is 0.128. The van der Waals surface area contributed by atoms with E-state index in [1.54, 1.807) is 0 Å². The molecule has 68 valence electrons. The van der Waals surface area contributed by atoms with Crippen molar-refractivity contribution in [1.29, 1.82) is 0 Å². The molecular formula is C9H16N2O. The zero-order chi connectivity index (χ0) is 8.44. The molecule has 1 atom stereocenters. The Hall–Kier alpha value is -0.410. The predicted octanol–water partition coefficient (Wildman–Crippen LogP) is -0.0830. The fraction of sp³-hybridized carbons (Fsp3) is 0.889. The molecule has 2 aliphatic rings. The van der Waals surface area contributed by atoms with E-state index in [1.807, 2.05) is 0 Å². The second kappa shape index (κ2) is 3.15. The second-order valence-corrected chi connectivity index (χ2v) is 4.08. The van der Waals surface area contributed by atoms with E-state index in [4.69, 9.17) is 0 Å². The molecule has 0 aromatic carbocycles. The Balaban J connectivity index is 1.98. The third-order valence-electron chi connectivity index (χ3n) is 3.22. The lowest BCUT2D eigenvalue weighted by Gasteiger charge is -2.32. The Bertz CT molecular complexity index is 175. The summed E-state index contributed by atoms with van der Waals surface area (Å²) in [7, 11) is 0. The van der Waals surface area contributed by atoms with Crippen molar-refractivity contribution in [2.24, 2.45) is 5.41 Å². The van der Waals surface area contributed by atoms with Gasteiger partial charge in [-0.15, -0.1) is 0 Å². The molecule has 0 aromatic heterocycles. The van der Waals surface area contributed by atoms with Crippen LogP contribution in [0.15, 0.2) is 0 Å². The average molecular weight is 168 g/mol. The topological polar surface area (TPSA) is 41.1 Å². The fourth-order valence-electron chi connectivity index (χ4n) is 2.39. The number of aldehydes is 1. The summed E-state index contributed by atoms with van der Waals surface area (Å²) >= 11 is 0. The maximum Gasteiger partial charge on any atom is 0.136 e. The van der Waals surface area contributed by atoms with Gasteiger partial charge in [-0.25, -0.2) is 0 Å². The summed E-state index contributed by atoms with van der Waals surface area (Å²) in [5.41, 5.74) is 0.441. The van der Waals surface area contributed by atoms with Gasteiger partial charge in [0.15, 0.2) is 0 Å². The van der Waals surface area contributed by atoms with Gasteiger partial charge in [0.05, 0.1) is 6.04 Å². The molecule has 0 saturated carbocycles. The molecule has 2 N–H and O–H groups in total. The van der Waals surface area contributed by atoms with Crippen molar-refractivity contribution in [2.45, 2.75) is 25.3 Å². The number of hydrogen-bond acceptors (Lipinski definition) is 3. The molecule has 0 aromatic rings. The van der Waals surface area contributed by atoms with Crippen LogP contribution in [-0.4, -0.2) is 32.0 Å². The minimum Gasteiger partial charge on any atom is -0.317 e. The summed E-state index contributed by atoms with van der Waals surface area (Å²) in [6.07, 6.45) is 4.56. The van der Waals surface area contributed by atoms with Crippen LogP contribution < -0.4 is 10.6 Å². The first-order chi connectivity index (χ1) is 5.85. The first-order valence-corrected chi connectivity index (χ1v) is 4.74. The highest BCUT2D eigenvalue weighted by Gasteiger charge is 2.39. The van der Waals surface area contributed by atoms with Crippen LogP contribution in [0.3, 0.4) is 0 Å². The zero-order valence-electron chi connectivity index (χ0n) is 7.31. The van der Waals surface area contributed by atoms with E-state index in [-0.39, 0.29) is 6.04 Å². The van der Waals surface area contributed by atoms with Gasteiger partial charge < -0.3 is 15.4 Å². The van der Waals surface area contributed by atoms with Gasteiger partial charge in [-0.05, 0) is 37.8 Å². The first-order valence-electron chi connectivity index (χ1n) is 4.74. The average Bonchev–Trinajstić information content (AvgIpc) is 2.50. The quantitative estimate of drug-likeness (QED) is 0.538. The van der Waals surface area contributed by atoms with Crippen molar-refractivity contribution in [1.82, 2.24) is 10.6 Å². The summed E-state index contributed by atoms with van der Waals surface area (Å²) in [4.78, 5) is 10.6. The van der Waals surface area contributed by atoms with Gasteiger partial charge in [-0.3, -0.25) is 0 Å². The number of carbonyl (C=O) groups is 1. The first kappa shape index (κ1) is 8.20. The minimum absolute atomic E-state index is 0.128. The SMILES string of the molecule is O=CC1CC2(CCNCC2)CN1. The van der Waals surface area contributed by atoms with Crippen molar-refractivity contribution in [3.8, 4) is 0 Å². The van der Waals surface area contributed by atoms with E-state index in [1.165, 1.54) is 12.8 Å². The Morgan fingerprint density at radius 1 is 1.33 bits per heavy atom. The van der Waals surface area contributed by atoms with Crippen LogP contribution in [0.25, 0.3) is 0 Å². The molecule has 0 bridgehead atoms. The highest BCUT2D eigenvalue weighted by molar-refractivity contribution is 5.58. The Kier molecular flexibility index (Phi) is 2.15. The Labute approximate surface area is 72.9 Å². The lowest BCUT2D eigenvalue weighted by Crippen LogP contribution is -2.37. The smallest absolute Gasteiger partial charge is 0.136 e. The molecule has 3 nitrogen and oxygen atoms in total. The molecule has 1 spiro atoms. The third-order valence-corrected chi connectivity index (χ3v) is 3.22. The van der Waals surface area contributed by atoms with Crippen molar-refractivity contribution in [2.75, 3.05) is 19.6 Å². The highest BCUT2D eigenvalue weighted by atomic mass is 16.1. The number of nitrogens with one attached hydrogen (secondary N) is 2. The van der Waals surface area contributed by atoms with Crippen LogP contribution in [-0.2, 0) is 4.79 Å². The maximum absolute atomic E-state index is 10.6. The largest absolute Gasteiger partial charge is 0.317 e. The molecule has 0 aliphatic carbocycles. The third kappa shape index (κ3) is 1.39. The molecule has 1 unspecified atom stereocenters. The van der Waals surface area contributed by atoms with Crippen molar-refractivity contribution in [3.63, 3.8) is 0 Å². The fourth-order valence-corrected chi connectivity index (χ4v) is 2.39. The summed E-state index contributed by atoms with van der Waals surface area (Å²) in [5, 5.41) is 6.62. The van der Waals surface area contributed by atoms with Crippen molar-refractivity contribution >= 4 is 6.29 Å². The second-order valence-electron chi connectivity index (χ2n) is 4.08. The molecule has 2 heterocycles. The molecule has 12 heavy (non-hydrogen) atoms. The van der Waals surface area contributed by atoms with Crippen LogP contribution >= 0.6 is 0 Å². The molecular weight excluding hydrogens is 152 g/mol. The van der Waals surface area contributed by atoms with Gasteiger partial charge in [-0.2, -0.15) is 0 Å². The zero-order valence-corrected chi connectivity index (χ0v) is 7.31. The molecule has 2 saturated heterocycles. The van der Waals surface area contributed by atoms with E-state index < -0.39 is 0 Å². The van der Waals surface area contributed by atoms with Crippen LogP contribution in [0.5, 0.6) is 0 Å². The predicted molar refractivity (Wildman–Crippen MR) is 47.0 cm³/mol. The van der Waals surface area contributed by atoms with Crippen LogP contribution in [0.2, 0.25) is 0 Å². The molecule has 0 amide bonds. The number of piperidine rings is 1. The standard InChI is InChI=1S/C9H16N2O/c12-6-8-5-9(7-11-8)1-3-10-4-2-9/h6,8,10-11H,1-5,7H2.